The Hall–Kier alpha value is -4.20. The average Bonchev–Trinajstić information content (AvgIpc) is 2.87. The maximum Gasteiger partial charge on any atom is 0.262 e. The lowest BCUT2D eigenvalue weighted by Crippen LogP contribution is -2.23. The maximum atomic E-state index is 13.2. The highest BCUT2D eigenvalue weighted by Crippen LogP contribution is 2.35. The number of aryl methyl sites for hydroxylation is 1. The molecule has 1 aliphatic carbocycles. The van der Waals surface area contributed by atoms with E-state index in [0.717, 1.165) is 28.0 Å². The third-order valence-corrected chi connectivity index (χ3v) is 6.61. The molecule has 2 N–H and O–H groups in total. The van der Waals surface area contributed by atoms with Crippen LogP contribution in [-0.2, 0) is 13.0 Å². The number of hydrogen-bond donors (Lipinski definition) is 2. The number of ketones is 1. The van der Waals surface area contributed by atoms with Crippen molar-refractivity contribution in [2.45, 2.75) is 32.2 Å². The van der Waals surface area contributed by atoms with Gasteiger partial charge in [-0.2, -0.15) is 4.98 Å². The number of nitrogens with zero attached hydrogens (tertiary/aromatic N) is 2. The molecule has 1 atom stereocenters. The number of pyridine rings is 1. The number of anilines is 1. The zero-order valence-corrected chi connectivity index (χ0v) is 19.3. The molecule has 2 aromatic heterocycles. The molecule has 1 aliphatic heterocycles. The van der Waals surface area contributed by atoms with Gasteiger partial charge in [-0.05, 0) is 48.1 Å². The van der Waals surface area contributed by atoms with E-state index in [2.05, 4.69) is 26.3 Å². The summed E-state index contributed by atoms with van der Waals surface area (Å²) in [6.45, 7) is 3.53. The molecule has 0 fully saturated rings. The topological polar surface area (TPSA) is 106 Å². The third kappa shape index (κ3) is 4.01. The first-order valence-electron chi connectivity index (χ1n) is 11.7. The van der Waals surface area contributed by atoms with Gasteiger partial charge in [0.25, 0.3) is 5.56 Å². The van der Waals surface area contributed by atoms with Crippen molar-refractivity contribution >= 4 is 22.8 Å². The van der Waals surface area contributed by atoms with Crippen LogP contribution in [0.4, 0.5) is 5.95 Å². The van der Waals surface area contributed by atoms with Crippen molar-refractivity contribution < 1.29 is 14.3 Å². The second-order valence-corrected chi connectivity index (χ2v) is 9.04. The predicted octanol–water partition coefficient (Wildman–Crippen LogP) is 3.92. The van der Waals surface area contributed by atoms with Gasteiger partial charge in [0.15, 0.2) is 22.9 Å². The van der Waals surface area contributed by atoms with Crippen LogP contribution in [0.2, 0.25) is 0 Å². The Labute approximate surface area is 201 Å². The van der Waals surface area contributed by atoms with Crippen molar-refractivity contribution in [3.63, 3.8) is 0 Å². The molecule has 0 saturated heterocycles. The average molecular weight is 469 g/mol. The highest BCUT2D eigenvalue weighted by atomic mass is 16.6. The molecular weight excluding hydrogens is 444 g/mol. The lowest BCUT2D eigenvalue weighted by Gasteiger charge is -2.24. The standard InChI is InChI=1S/C27H24N4O4/c1-15-3-2-4-17(9-15)18-11-19-20(21(32)12-18)14-28-25-24(19)26(33)31-27(30-25)29-13-16-5-6-22-23(10-16)35-8-7-34-22/h2-6,9-10,14,18H,7-8,11-13H2,1H3,(H2,28,29,30,31,33). The van der Waals surface area contributed by atoms with Crippen LogP contribution in [0.3, 0.4) is 0 Å². The van der Waals surface area contributed by atoms with Crippen molar-refractivity contribution in [1.29, 1.82) is 0 Å². The molecule has 8 heteroatoms. The van der Waals surface area contributed by atoms with Crippen molar-refractivity contribution in [2.24, 2.45) is 0 Å². The summed E-state index contributed by atoms with van der Waals surface area (Å²) in [5.41, 5.74) is 4.48. The van der Waals surface area contributed by atoms with E-state index in [-0.39, 0.29) is 17.3 Å². The molecule has 0 bridgehead atoms. The Morgan fingerprint density at radius 1 is 1.06 bits per heavy atom. The van der Waals surface area contributed by atoms with Gasteiger partial charge in [0.1, 0.15) is 13.2 Å². The van der Waals surface area contributed by atoms with E-state index in [9.17, 15) is 9.59 Å². The number of carbonyl (C=O) groups is 1. The van der Waals surface area contributed by atoms with Crippen molar-refractivity contribution in [1.82, 2.24) is 15.0 Å². The summed E-state index contributed by atoms with van der Waals surface area (Å²) in [7, 11) is 0. The lowest BCUT2D eigenvalue weighted by molar-refractivity contribution is 0.0964. The molecule has 0 radical (unpaired) electrons. The van der Waals surface area contributed by atoms with Gasteiger partial charge in [0.05, 0.1) is 5.39 Å². The number of Topliss-reactive ketones (excluding diaryl/α,β-unsaturated/α-hetero) is 1. The summed E-state index contributed by atoms with van der Waals surface area (Å²) in [5, 5.41) is 3.55. The van der Waals surface area contributed by atoms with E-state index < -0.39 is 0 Å². The fraction of sp³-hybridized carbons (Fsp3) is 0.259. The number of nitrogens with one attached hydrogen (secondary N) is 2. The normalized spacial score (nSPS) is 16.7. The summed E-state index contributed by atoms with van der Waals surface area (Å²) < 4.78 is 11.2. The number of ether oxygens (including phenoxy) is 2. The molecule has 4 aromatic rings. The van der Waals surface area contributed by atoms with Crippen LogP contribution < -0.4 is 20.3 Å². The van der Waals surface area contributed by atoms with Crippen molar-refractivity contribution in [2.75, 3.05) is 18.5 Å². The molecule has 35 heavy (non-hydrogen) atoms. The van der Waals surface area contributed by atoms with Gasteiger partial charge < -0.3 is 14.8 Å². The minimum atomic E-state index is -0.304. The number of hydrogen-bond acceptors (Lipinski definition) is 7. The quantitative estimate of drug-likeness (QED) is 0.468. The van der Waals surface area contributed by atoms with E-state index in [1.807, 2.05) is 43.3 Å². The van der Waals surface area contributed by atoms with E-state index in [4.69, 9.17) is 9.47 Å². The minimum Gasteiger partial charge on any atom is -0.486 e. The molecule has 2 aromatic carbocycles. The van der Waals surface area contributed by atoms with E-state index in [1.54, 1.807) is 6.20 Å². The fourth-order valence-electron chi connectivity index (χ4n) is 4.90. The van der Waals surface area contributed by atoms with E-state index in [1.165, 1.54) is 0 Å². The van der Waals surface area contributed by atoms with Crippen molar-refractivity contribution in [3.05, 3.63) is 86.8 Å². The van der Waals surface area contributed by atoms with Crippen LogP contribution >= 0.6 is 0 Å². The second-order valence-electron chi connectivity index (χ2n) is 9.04. The molecule has 0 amide bonds. The number of rotatable bonds is 4. The molecular formula is C27H24N4O4. The molecule has 6 rings (SSSR count). The van der Waals surface area contributed by atoms with Crippen LogP contribution in [0.25, 0.3) is 11.0 Å². The highest BCUT2D eigenvalue weighted by molar-refractivity contribution is 6.02. The third-order valence-electron chi connectivity index (χ3n) is 6.61. The van der Waals surface area contributed by atoms with Crippen LogP contribution in [0.15, 0.2) is 53.5 Å². The number of fused-ring (bicyclic) bond motifs is 4. The summed E-state index contributed by atoms with van der Waals surface area (Å²) in [6.07, 6.45) is 2.56. The van der Waals surface area contributed by atoms with Gasteiger partial charge >= 0.3 is 0 Å². The Kier molecular flexibility index (Phi) is 5.21. The largest absolute Gasteiger partial charge is 0.486 e. The zero-order valence-electron chi connectivity index (χ0n) is 19.3. The number of aromatic nitrogens is 3. The van der Waals surface area contributed by atoms with Gasteiger partial charge in [0.2, 0.25) is 5.95 Å². The summed E-state index contributed by atoms with van der Waals surface area (Å²) in [6, 6.07) is 13.9. The van der Waals surface area contributed by atoms with Crippen LogP contribution in [0.5, 0.6) is 11.5 Å². The van der Waals surface area contributed by atoms with Gasteiger partial charge in [0, 0.05) is 24.7 Å². The summed E-state index contributed by atoms with van der Waals surface area (Å²) in [5.74, 6) is 1.78. The maximum absolute atomic E-state index is 13.2. The first-order chi connectivity index (χ1) is 17.0. The van der Waals surface area contributed by atoms with Crippen molar-refractivity contribution in [3.8, 4) is 11.5 Å². The van der Waals surface area contributed by atoms with Gasteiger partial charge in [-0.15, -0.1) is 0 Å². The number of H-pyrrole nitrogens is 1. The molecule has 0 saturated carbocycles. The monoisotopic (exact) mass is 468 g/mol. The highest BCUT2D eigenvalue weighted by Gasteiger charge is 2.29. The Bertz CT molecular complexity index is 1530. The fourth-order valence-corrected chi connectivity index (χ4v) is 4.90. The molecule has 176 valence electrons. The van der Waals surface area contributed by atoms with Gasteiger partial charge in [-0.3, -0.25) is 14.6 Å². The Morgan fingerprint density at radius 3 is 2.77 bits per heavy atom. The molecule has 0 spiro atoms. The summed E-state index contributed by atoms with van der Waals surface area (Å²) >= 11 is 0. The SMILES string of the molecule is Cc1cccc(C2CC(=O)c3cnc4nc(NCc5ccc6c(c5)OCCO6)[nH]c(=O)c4c3C2)c1. The van der Waals surface area contributed by atoms with Crippen LogP contribution in [-0.4, -0.2) is 33.9 Å². The summed E-state index contributed by atoms with van der Waals surface area (Å²) in [4.78, 5) is 37.8. The minimum absolute atomic E-state index is 0.00682. The molecule has 2 aliphatic rings. The Balaban J connectivity index is 1.30. The van der Waals surface area contributed by atoms with Gasteiger partial charge in [-0.25, -0.2) is 4.98 Å². The number of aromatic amines is 1. The van der Waals surface area contributed by atoms with E-state index in [0.29, 0.717) is 60.9 Å². The van der Waals surface area contributed by atoms with E-state index >= 15 is 0 Å². The van der Waals surface area contributed by atoms with Gasteiger partial charge in [-0.1, -0.05) is 35.9 Å². The lowest BCUT2D eigenvalue weighted by atomic mass is 9.79. The first-order valence-corrected chi connectivity index (χ1v) is 11.7. The zero-order chi connectivity index (χ0) is 23.9. The molecule has 3 heterocycles. The number of benzene rings is 2. The number of carbonyl (C=O) groups excluding carboxylic acids is 1. The Morgan fingerprint density at radius 2 is 1.91 bits per heavy atom. The second kappa shape index (κ2) is 8.54. The first kappa shape index (κ1) is 21.3. The predicted molar refractivity (Wildman–Crippen MR) is 131 cm³/mol. The van der Waals surface area contributed by atoms with Crippen LogP contribution in [0.1, 0.15) is 45.0 Å². The smallest absolute Gasteiger partial charge is 0.262 e. The van der Waals surface area contributed by atoms with Crippen LogP contribution in [0, 0.1) is 6.92 Å². The molecule has 1 unspecified atom stereocenters. The molecule has 8 nitrogen and oxygen atoms in total.